The molecule has 3 aromatic carbocycles. The summed E-state index contributed by atoms with van der Waals surface area (Å²) in [5, 5.41) is 22.6. The third kappa shape index (κ3) is 5.77. The van der Waals surface area contributed by atoms with Crippen LogP contribution in [0.1, 0.15) is 22.3 Å². The minimum absolute atomic E-state index is 0.00315. The van der Waals surface area contributed by atoms with Gasteiger partial charge in [-0.15, -0.1) is 0 Å². The van der Waals surface area contributed by atoms with Crippen molar-refractivity contribution in [2.45, 2.75) is 12.6 Å². The Morgan fingerprint density at radius 1 is 1.14 bits per heavy atom. The van der Waals surface area contributed by atoms with Crippen LogP contribution in [-0.2, 0) is 17.3 Å². The van der Waals surface area contributed by atoms with Crippen molar-refractivity contribution >= 4 is 34.9 Å². The highest BCUT2D eigenvalue weighted by Gasteiger charge is 2.31. The second-order valence-corrected chi connectivity index (χ2v) is 8.54. The van der Waals surface area contributed by atoms with Crippen LogP contribution in [0.25, 0.3) is 0 Å². The fraction of sp³-hybridized carbons (Fsp3) is 0.240. The molecule has 188 valence electrons. The number of halogens is 4. The van der Waals surface area contributed by atoms with Crippen LogP contribution >= 0.6 is 11.6 Å². The number of hydrogen-bond acceptors (Lipinski definition) is 6. The molecule has 7 nitrogen and oxygen atoms in total. The van der Waals surface area contributed by atoms with E-state index in [0.29, 0.717) is 42.6 Å². The van der Waals surface area contributed by atoms with Crippen LogP contribution in [0.3, 0.4) is 0 Å². The zero-order chi connectivity index (χ0) is 25.9. The number of nitro groups is 1. The molecule has 0 bridgehead atoms. The van der Waals surface area contributed by atoms with Crippen LogP contribution in [0, 0.1) is 10.1 Å². The highest BCUT2D eigenvalue weighted by molar-refractivity contribution is 6.31. The number of phenols is 1. The number of nitro benzene ring substituents is 1. The number of nitrogens with zero attached hydrogens (tertiary/aromatic N) is 3. The zero-order valence-corrected chi connectivity index (χ0v) is 19.6. The van der Waals surface area contributed by atoms with Gasteiger partial charge in [-0.2, -0.15) is 13.2 Å². The highest BCUT2D eigenvalue weighted by atomic mass is 35.5. The van der Waals surface area contributed by atoms with Gasteiger partial charge in [0.05, 0.1) is 35.1 Å². The molecule has 0 amide bonds. The molecule has 1 saturated heterocycles. The fourth-order valence-corrected chi connectivity index (χ4v) is 4.12. The summed E-state index contributed by atoms with van der Waals surface area (Å²) >= 11 is 6.22. The van der Waals surface area contributed by atoms with E-state index < -0.39 is 28.1 Å². The number of alkyl halides is 3. The number of aromatic hydroxyl groups is 1. The lowest BCUT2D eigenvalue weighted by molar-refractivity contribution is -0.385. The predicted octanol–water partition coefficient (Wildman–Crippen LogP) is 6.15. The molecule has 36 heavy (non-hydrogen) atoms. The van der Waals surface area contributed by atoms with Crippen molar-refractivity contribution in [2.24, 2.45) is 4.99 Å². The van der Waals surface area contributed by atoms with Gasteiger partial charge >= 0.3 is 11.9 Å². The molecule has 3 aromatic rings. The fourth-order valence-electron chi connectivity index (χ4n) is 3.92. The van der Waals surface area contributed by atoms with Gasteiger partial charge in [-0.05, 0) is 47.9 Å². The van der Waals surface area contributed by atoms with E-state index in [4.69, 9.17) is 16.3 Å². The molecule has 1 aliphatic heterocycles. The molecule has 0 spiro atoms. The topological polar surface area (TPSA) is 88.2 Å². The zero-order valence-electron chi connectivity index (χ0n) is 18.8. The summed E-state index contributed by atoms with van der Waals surface area (Å²) in [4.78, 5) is 16.9. The van der Waals surface area contributed by atoms with Crippen molar-refractivity contribution in [1.29, 1.82) is 0 Å². The third-order valence-electron chi connectivity index (χ3n) is 5.73. The van der Waals surface area contributed by atoms with Crippen molar-refractivity contribution in [3.05, 3.63) is 92.0 Å². The molecule has 0 atom stereocenters. The van der Waals surface area contributed by atoms with E-state index in [9.17, 15) is 28.4 Å². The Morgan fingerprint density at radius 3 is 2.53 bits per heavy atom. The standard InChI is InChI=1S/C25H21ClF3N3O4/c26-20-4-2-1-3-17(20)11-16-12-18(24(33)23(13-16)32(34)35)15-30-21-14-19(25(27,28)29)5-6-22(21)31-7-9-36-10-8-31/h1-6,12-15,33H,7-11H2. The van der Waals surface area contributed by atoms with Gasteiger partial charge in [-0.1, -0.05) is 29.8 Å². The summed E-state index contributed by atoms with van der Waals surface area (Å²) in [7, 11) is 0. The number of aliphatic imine (C=N–C) groups is 1. The van der Waals surface area contributed by atoms with E-state index in [0.717, 1.165) is 23.9 Å². The van der Waals surface area contributed by atoms with Crippen molar-refractivity contribution in [3.63, 3.8) is 0 Å². The van der Waals surface area contributed by atoms with Gasteiger partial charge in [-0.3, -0.25) is 15.1 Å². The Kier molecular flexibility index (Phi) is 7.46. The smallest absolute Gasteiger partial charge is 0.416 e. The number of hydrogen-bond donors (Lipinski definition) is 1. The maximum atomic E-state index is 13.4. The first-order chi connectivity index (χ1) is 17.1. The molecule has 0 aliphatic carbocycles. The molecule has 0 unspecified atom stereocenters. The molecule has 0 aromatic heterocycles. The van der Waals surface area contributed by atoms with Gasteiger partial charge in [0.1, 0.15) is 0 Å². The van der Waals surface area contributed by atoms with Crippen molar-refractivity contribution in [3.8, 4) is 5.75 Å². The average molecular weight is 520 g/mol. The maximum absolute atomic E-state index is 13.4. The second kappa shape index (κ2) is 10.5. The van der Waals surface area contributed by atoms with Crippen LogP contribution < -0.4 is 4.90 Å². The predicted molar refractivity (Wildman–Crippen MR) is 131 cm³/mol. The Balaban J connectivity index is 1.76. The van der Waals surface area contributed by atoms with Crippen LogP contribution in [0.15, 0.2) is 59.6 Å². The number of anilines is 1. The molecule has 11 heteroatoms. The number of phenolic OH excluding ortho intramolecular Hbond substituents is 1. The molecule has 0 saturated carbocycles. The van der Waals surface area contributed by atoms with E-state index in [1.807, 2.05) is 4.90 Å². The van der Waals surface area contributed by atoms with E-state index >= 15 is 0 Å². The monoisotopic (exact) mass is 519 g/mol. The minimum atomic E-state index is -4.58. The normalized spacial score (nSPS) is 14.4. The summed E-state index contributed by atoms with van der Waals surface area (Å²) in [6.45, 7) is 1.78. The number of rotatable bonds is 6. The van der Waals surface area contributed by atoms with E-state index in [1.54, 1.807) is 24.3 Å². The van der Waals surface area contributed by atoms with Crippen molar-refractivity contribution < 1.29 is 27.9 Å². The lowest BCUT2D eigenvalue weighted by Gasteiger charge is -2.30. The van der Waals surface area contributed by atoms with E-state index in [2.05, 4.69) is 4.99 Å². The van der Waals surface area contributed by atoms with Crippen LogP contribution in [0.4, 0.5) is 30.2 Å². The molecule has 1 fully saturated rings. The first-order valence-corrected chi connectivity index (χ1v) is 11.3. The molecule has 0 radical (unpaired) electrons. The van der Waals surface area contributed by atoms with Gasteiger partial charge in [0, 0.05) is 36.0 Å². The van der Waals surface area contributed by atoms with Crippen molar-refractivity contribution in [1.82, 2.24) is 0 Å². The van der Waals surface area contributed by atoms with Gasteiger partial charge in [-0.25, -0.2) is 0 Å². The average Bonchev–Trinajstić information content (AvgIpc) is 2.85. The van der Waals surface area contributed by atoms with Gasteiger partial charge in [0.25, 0.3) is 0 Å². The summed E-state index contributed by atoms with van der Waals surface area (Å²) < 4.78 is 45.5. The lowest BCUT2D eigenvalue weighted by Crippen LogP contribution is -2.36. The van der Waals surface area contributed by atoms with Crippen LogP contribution in [-0.4, -0.2) is 42.5 Å². The first kappa shape index (κ1) is 25.5. The molecule has 1 N–H and O–H groups in total. The quantitative estimate of drug-likeness (QED) is 0.240. The highest BCUT2D eigenvalue weighted by Crippen LogP contribution is 2.38. The SMILES string of the molecule is O=[N+]([O-])c1cc(Cc2ccccc2Cl)cc(C=Nc2cc(C(F)(F)F)ccc2N2CCOCC2)c1O. The third-order valence-corrected chi connectivity index (χ3v) is 6.09. The maximum Gasteiger partial charge on any atom is 0.416 e. The minimum Gasteiger partial charge on any atom is -0.502 e. The van der Waals surface area contributed by atoms with Gasteiger partial charge in [0.15, 0.2) is 0 Å². The van der Waals surface area contributed by atoms with E-state index in [-0.39, 0.29) is 17.7 Å². The largest absolute Gasteiger partial charge is 0.502 e. The Morgan fingerprint density at radius 2 is 1.86 bits per heavy atom. The molecular formula is C25H21ClF3N3O4. The summed E-state index contributed by atoms with van der Waals surface area (Å²) in [6.07, 6.45) is -3.20. The number of benzene rings is 3. The lowest BCUT2D eigenvalue weighted by atomic mass is 10.0. The first-order valence-electron chi connectivity index (χ1n) is 10.9. The number of ether oxygens (including phenoxy) is 1. The molecule has 4 rings (SSSR count). The second-order valence-electron chi connectivity index (χ2n) is 8.14. The molecule has 1 aliphatic rings. The van der Waals surface area contributed by atoms with Crippen molar-refractivity contribution in [2.75, 3.05) is 31.2 Å². The molecular weight excluding hydrogens is 499 g/mol. The van der Waals surface area contributed by atoms with Crippen LogP contribution in [0.5, 0.6) is 5.75 Å². The number of morpholine rings is 1. The Bertz CT molecular complexity index is 1310. The van der Waals surface area contributed by atoms with Gasteiger partial charge < -0.3 is 14.7 Å². The Hall–Kier alpha value is -3.63. The summed E-state index contributed by atoms with van der Waals surface area (Å²) in [5.41, 5.74) is 0.249. The van der Waals surface area contributed by atoms with Gasteiger partial charge in [0.2, 0.25) is 5.75 Å². The Labute approximate surface area is 209 Å². The summed E-state index contributed by atoms with van der Waals surface area (Å²) in [6, 6.07) is 13.0. The van der Waals surface area contributed by atoms with E-state index in [1.165, 1.54) is 18.2 Å². The summed E-state index contributed by atoms with van der Waals surface area (Å²) in [5.74, 6) is -0.633. The van der Waals surface area contributed by atoms with Crippen LogP contribution in [0.2, 0.25) is 5.02 Å². The molecule has 1 heterocycles.